The van der Waals surface area contributed by atoms with E-state index in [-0.39, 0.29) is 5.38 Å². The highest BCUT2D eigenvalue weighted by atomic mass is 35.5. The third kappa shape index (κ3) is 8.26. The molecule has 0 bridgehead atoms. The van der Waals surface area contributed by atoms with Gasteiger partial charge in [-0.15, -0.1) is 11.6 Å². The first-order valence-corrected chi connectivity index (χ1v) is 12.1. The van der Waals surface area contributed by atoms with Crippen LogP contribution in [-0.2, 0) is 0 Å². The van der Waals surface area contributed by atoms with Crippen molar-refractivity contribution >= 4 is 22.4 Å². The van der Waals surface area contributed by atoms with Crippen LogP contribution in [0.25, 0.3) is 10.8 Å². The molecule has 0 saturated heterocycles. The maximum absolute atomic E-state index is 6.18. The molecule has 2 aromatic rings. The number of unbranched alkanes of at least 4 members (excludes halogenated alkanes) is 6. The smallest absolute Gasteiger partial charge is 0.168 e. The first-order valence-electron chi connectivity index (χ1n) is 11.7. The number of fused-ring (bicyclic) bond motifs is 1. The lowest BCUT2D eigenvalue weighted by molar-refractivity contribution is 0.286. The molecule has 168 valence electrons. The summed E-state index contributed by atoms with van der Waals surface area (Å²) in [6.45, 7) is 5.82. The Morgan fingerprint density at radius 3 is 2.33 bits per heavy atom. The molecule has 0 aromatic heterocycles. The molecule has 0 N–H and O–H groups in total. The summed E-state index contributed by atoms with van der Waals surface area (Å²) in [6, 6.07) is 10.3. The quantitative estimate of drug-likeness (QED) is 0.197. The zero-order valence-electron chi connectivity index (χ0n) is 19.1. The van der Waals surface area contributed by atoms with Crippen molar-refractivity contribution in [2.45, 2.75) is 83.4 Å². The summed E-state index contributed by atoms with van der Waals surface area (Å²) in [5.74, 6) is 2.50. The van der Waals surface area contributed by atoms with Gasteiger partial charge in [0.2, 0.25) is 0 Å². The molecule has 0 fully saturated rings. The van der Waals surface area contributed by atoms with Crippen molar-refractivity contribution in [3.63, 3.8) is 0 Å². The van der Waals surface area contributed by atoms with E-state index < -0.39 is 0 Å². The Bertz CT molecular complexity index is 732. The molecule has 2 aromatic carbocycles. The standard InChI is InChI=1S/C26H39ClO3/c1-4-6-7-8-9-11-18-29-23-15-16-24-21(20-23)14-17-25(26(24)28-3)30-19-12-10-13-22(27)5-2/h14-17,20,22H,4-13,18-19H2,1-3H3. The van der Waals surface area contributed by atoms with Crippen LogP contribution >= 0.6 is 11.6 Å². The molecular formula is C26H39ClO3. The van der Waals surface area contributed by atoms with Gasteiger partial charge in [0.1, 0.15) is 5.75 Å². The van der Waals surface area contributed by atoms with E-state index in [1.54, 1.807) is 7.11 Å². The Labute approximate surface area is 188 Å². The monoisotopic (exact) mass is 434 g/mol. The fraction of sp³-hybridized carbons (Fsp3) is 0.615. The highest BCUT2D eigenvalue weighted by Crippen LogP contribution is 2.37. The number of benzene rings is 2. The minimum absolute atomic E-state index is 0.276. The second kappa shape index (κ2) is 14.4. The Hall–Kier alpha value is -1.61. The van der Waals surface area contributed by atoms with Gasteiger partial charge in [0, 0.05) is 10.8 Å². The molecule has 0 radical (unpaired) electrons. The van der Waals surface area contributed by atoms with Gasteiger partial charge in [-0.3, -0.25) is 0 Å². The first kappa shape index (κ1) is 24.7. The Morgan fingerprint density at radius 1 is 0.833 bits per heavy atom. The summed E-state index contributed by atoms with van der Waals surface area (Å²) in [7, 11) is 1.70. The zero-order chi connectivity index (χ0) is 21.6. The van der Waals surface area contributed by atoms with Crippen LogP contribution in [0.15, 0.2) is 30.3 Å². The fourth-order valence-corrected chi connectivity index (χ4v) is 3.75. The summed E-state index contributed by atoms with van der Waals surface area (Å²) in [6.07, 6.45) is 11.8. The van der Waals surface area contributed by atoms with Gasteiger partial charge >= 0.3 is 0 Å². The number of halogens is 1. The third-order valence-corrected chi connectivity index (χ3v) is 6.02. The van der Waals surface area contributed by atoms with Crippen LogP contribution in [0.1, 0.15) is 78.1 Å². The van der Waals surface area contributed by atoms with Gasteiger partial charge in [-0.05, 0) is 61.8 Å². The third-order valence-electron chi connectivity index (χ3n) is 5.49. The van der Waals surface area contributed by atoms with Crippen LogP contribution in [0.2, 0.25) is 0 Å². The van der Waals surface area contributed by atoms with Crippen LogP contribution in [0.3, 0.4) is 0 Å². The van der Waals surface area contributed by atoms with E-state index in [1.165, 1.54) is 32.1 Å². The molecule has 2 rings (SSSR count). The summed E-state index contributed by atoms with van der Waals surface area (Å²) in [4.78, 5) is 0. The lowest BCUT2D eigenvalue weighted by Gasteiger charge is -2.14. The molecule has 1 unspecified atom stereocenters. The van der Waals surface area contributed by atoms with E-state index in [9.17, 15) is 0 Å². The largest absolute Gasteiger partial charge is 0.494 e. The molecule has 1 atom stereocenters. The van der Waals surface area contributed by atoms with Gasteiger partial charge in [-0.1, -0.05) is 52.0 Å². The number of rotatable bonds is 16. The average Bonchev–Trinajstić information content (AvgIpc) is 2.77. The molecule has 0 heterocycles. The summed E-state index contributed by atoms with van der Waals surface area (Å²) < 4.78 is 17.6. The van der Waals surface area contributed by atoms with Crippen molar-refractivity contribution in [1.29, 1.82) is 0 Å². The molecular weight excluding hydrogens is 396 g/mol. The fourth-order valence-electron chi connectivity index (χ4n) is 3.60. The SMILES string of the molecule is CCCCCCCCOc1ccc2c(OC)c(OCCCCC(Cl)CC)ccc2c1. The van der Waals surface area contributed by atoms with Crippen molar-refractivity contribution < 1.29 is 14.2 Å². The molecule has 0 aliphatic rings. The van der Waals surface area contributed by atoms with Crippen molar-refractivity contribution in [2.75, 3.05) is 20.3 Å². The van der Waals surface area contributed by atoms with Gasteiger partial charge in [0.15, 0.2) is 11.5 Å². The van der Waals surface area contributed by atoms with Crippen LogP contribution in [0, 0.1) is 0 Å². The zero-order valence-corrected chi connectivity index (χ0v) is 19.8. The van der Waals surface area contributed by atoms with Gasteiger partial charge in [-0.25, -0.2) is 0 Å². The first-order chi connectivity index (χ1) is 14.7. The number of alkyl halides is 1. The molecule has 0 aliphatic heterocycles. The molecule has 0 saturated carbocycles. The Balaban J connectivity index is 1.87. The number of hydrogen-bond donors (Lipinski definition) is 0. The topological polar surface area (TPSA) is 27.7 Å². The predicted octanol–water partition coefficient (Wildman–Crippen LogP) is 8.15. The van der Waals surface area contributed by atoms with Gasteiger partial charge in [0.25, 0.3) is 0 Å². The molecule has 0 aliphatic carbocycles. The van der Waals surface area contributed by atoms with Crippen molar-refractivity contribution in [3.8, 4) is 17.2 Å². The van der Waals surface area contributed by atoms with Crippen molar-refractivity contribution in [2.24, 2.45) is 0 Å². The Kier molecular flexibility index (Phi) is 11.8. The van der Waals surface area contributed by atoms with Gasteiger partial charge in [-0.2, -0.15) is 0 Å². The van der Waals surface area contributed by atoms with E-state index in [1.807, 2.05) is 12.1 Å². The van der Waals surface area contributed by atoms with E-state index in [0.717, 1.165) is 66.7 Å². The predicted molar refractivity (Wildman–Crippen MR) is 129 cm³/mol. The van der Waals surface area contributed by atoms with Crippen molar-refractivity contribution in [3.05, 3.63) is 30.3 Å². The van der Waals surface area contributed by atoms with E-state index >= 15 is 0 Å². The molecule has 0 amide bonds. The van der Waals surface area contributed by atoms with Crippen molar-refractivity contribution in [1.82, 2.24) is 0 Å². The number of methoxy groups -OCH3 is 1. The molecule has 30 heavy (non-hydrogen) atoms. The van der Waals surface area contributed by atoms with E-state index in [2.05, 4.69) is 32.0 Å². The average molecular weight is 435 g/mol. The maximum Gasteiger partial charge on any atom is 0.168 e. The van der Waals surface area contributed by atoms with Crippen LogP contribution < -0.4 is 14.2 Å². The van der Waals surface area contributed by atoms with E-state index in [4.69, 9.17) is 25.8 Å². The highest BCUT2D eigenvalue weighted by molar-refractivity contribution is 6.20. The molecule has 4 heteroatoms. The summed E-state index contributed by atoms with van der Waals surface area (Å²) in [5, 5.41) is 2.43. The minimum Gasteiger partial charge on any atom is -0.494 e. The summed E-state index contributed by atoms with van der Waals surface area (Å²) in [5.41, 5.74) is 0. The molecule has 3 nitrogen and oxygen atoms in total. The van der Waals surface area contributed by atoms with Gasteiger partial charge < -0.3 is 14.2 Å². The van der Waals surface area contributed by atoms with Crippen LogP contribution in [-0.4, -0.2) is 25.7 Å². The van der Waals surface area contributed by atoms with Gasteiger partial charge in [0.05, 0.1) is 20.3 Å². The normalized spacial score (nSPS) is 12.1. The minimum atomic E-state index is 0.276. The highest BCUT2D eigenvalue weighted by Gasteiger charge is 2.11. The van der Waals surface area contributed by atoms with Crippen LogP contribution in [0.4, 0.5) is 0 Å². The van der Waals surface area contributed by atoms with Crippen LogP contribution in [0.5, 0.6) is 17.2 Å². The maximum atomic E-state index is 6.18. The second-order valence-corrected chi connectivity index (χ2v) is 8.56. The second-order valence-electron chi connectivity index (χ2n) is 7.95. The lowest BCUT2D eigenvalue weighted by atomic mass is 10.1. The van der Waals surface area contributed by atoms with E-state index in [0.29, 0.717) is 6.61 Å². The Morgan fingerprint density at radius 2 is 1.57 bits per heavy atom. The lowest BCUT2D eigenvalue weighted by Crippen LogP contribution is -2.02. The summed E-state index contributed by atoms with van der Waals surface area (Å²) >= 11 is 6.18. The molecule has 0 spiro atoms. The number of ether oxygens (including phenoxy) is 3. The number of hydrogen-bond acceptors (Lipinski definition) is 3.